The van der Waals surface area contributed by atoms with Crippen molar-refractivity contribution < 1.29 is 36.0 Å². The molecule has 0 saturated heterocycles. The zero-order valence-corrected chi connectivity index (χ0v) is 20.8. The first kappa shape index (κ1) is 30.2. The van der Waals surface area contributed by atoms with Crippen LogP contribution in [0.5, 0.6) is 0 Å². The van der Waals surface area contributed by atoms with E-state index >= 15 is 0 Å². The van der Waals surface area contributed by atoms with E-state index in [1.807, 2.05) is 13.8 Å². The summed E-state index contributed by atoms with van der Waals surface area (Å²) in [6, 6.07) is 1.33. The van der Waals surface area contributed by atoms with Gasteiger partial charge in [-0.2, -0.15) is 0 Å². The summed E-state index contributed by atoms with van der Waals surface area (Å²) in [5, 5.41) is 0. The van der Waals surface area contributed by atoms with Crippen LogP contribution in [0.25, 0.3) is 0 Å². The standard InChI is InChI=1S/2C8H21NO4Si/c2*1-5-13-8(9)6-7-14(10-2,11-3)12-4/h2*8H,5-7,9H2,1-4H3. The van der Waals surface area contributed by atoms with Crippen LogP contribution in [0, 0.1) is 0 Å². The van der Waals surface area contributed by atoms with Crippen molar-refractivity contribution in [2.45, 2.75) is 51.2 Å². The summed E-state index contributed by atoms with van der Waals surface area (Å²) < 4.78 is 41.9. The highest BCUT2D eigenvalue weighted by Gasteiger charge is 2.38. The first-order valence-corrected chi connectivity index (χ1v) is 13.2. The molecule has 0 spiro atoms. The minimum atomic E-state index is -2.47. The average molecular weight is 447 g/mol. The summed E-state index contributed by atoms with van der Waals surface area (Å²) in [6.45, 7) is 5.05. The van der Waals surface area contributed by atoms with Crippen LogP contribution in [-0.4, -0.2) is 85.9 Å². The molecular weight excluding hydrogens is 404 g/mol. The van der Waals surface area contributed by atoms with Crippen molar-refractivity contribution in [2.75, 3.05) is 55.9 Å². The number of hydrogen-bond acceptors (Lipinski definition) is 10. The summed E-state index contributed by atoms with van der Waals surface area (Å²) >= 11 is 0. The Morgan fingerprint density at radius 1 is 0.571 bits per heavy atom. The fraction of sp³-hybridized carbons (Fsp3) is 1.00. The summed E-state index contributed by atoms with van der Waals surface area (Å²) in [7, 11) is 4.59. The highest BCUT2D eigenvalue weighted by Crippen LogP contribution is 2.17. The first-order chi connectivity index (χ1) is 13.3. The molecule has 28 heavy (non-hydrogen) atoms. The Morgan fingerprint density at radius 3 is 1.00 bits per heavy atom. The smallest absolute Gasteiger partial charge is 0.377 e. The normalized spacial score (nSPS) is 14.4. The van der Waals surface area contributed by atoms with Crippen LogP contribution in [0.4, 0.5) is 0 Å². The number of rotatable bonds is 16. The third kappa shape index (κ3) is 12.6. The second kappa shape index (κ2) is 17.9. The second-order valence-corrected chi connectivity index (χ2v) is 11.8. The number of ether oxygens (including phenoxy) is 2. The molecule has 0 aliphatic heterocycles. The maximum atomic E-state index is 5.69. The van der Waals surface area contributed by atoms with Crippen LogP contribution in [0.15, 0.2) is 0 Å². The highest BCUT2D eigenvalue weighted by molar-refractivity contribution is 6.60. The molecule has 0 aliphatic carbocycles. The Hall–Kier alpha value is 0.0338. The maximum absolute atomic E-state index is 5.69. The summed E-state index contributed by atoms with van der Waals surface area (Å²) in [5.41, 5.74) is 11.4. The molecule has 0 heterocycles. The lowest BCUT2D eigenvalue weighted by Gasteiger charge is -2.25. The zero-order chi connectivity index (χ0) is 22.1. The molecule has 2 unspecified atom stereocenters. The molecule has 0 rings (SSSR count). The van der Waals surface area contributed by atoms with Crippen molar-refractivity contribution >= 4 is 17.6 Å². The van der Waals surface area contributed by atoms with Crippen LogP contribution < -0.4 is 11.5 Å². The van der Waals surface area contributed by atoms with Gasteiger partial charge in [0.15, 0.2) is 0 Å². The van der Waals surface area contributed by atoms with E-state index in [4.69, 9.17) is 47.5 Å². The van der Waals surface area contributed by atoms with Gasteiger partial charge in [0.05, 0.1) is 0 Å². The van der Waals surface area contributed by atoms with Crippen molar-refractivity contribution in [1.29, 1.82) is 0 Å². The summed E-state index contributed by atoms with van der Waals surface area (Å²) in [5.74, 6) is 0. The first-order valence-electron chi connectivity index (χ1n) is 9.33. The molecular formula is C16H42N2O8Si2. The second-order valence-electron chi connectivity index (χ2n) is 5.66. The van der Waals surface area contributed by atoms with Gasteiger partial charge in [-0.05, 0) is 26.7 Å². The van der Waals surface area contributed by atoms with E-state index in [0.717, 1.165) is 0 Å². The monoisotopic (exact) mass is 446 g/mol. The van der Waals surface area contributed by atoms with Gasteiger partial charge in [0.25, 0.3) is 0 Å². The summed E-state index contributed by atoms with van der Waals surface area (Å²) in [6.07, 6.45) is 0.810. The van der Waals surface area contributed by atoms with E-state index < -0.39 is 17.6 Å². The molecule has 12 heteroatoms. The Labute approximate surface area is 172 Å². The van der Waals surface area contributed by atoms with E-state index in [0.29, 0.717) is 38.1 Å². The van der Waals surface area contributed by atoms with Gasteiger partial charge < -0.3 is 47.5 Å². The van der Waals surface area contributed by atoms with Gasteiger partial charge in [-0.15, -0.1) is 0 Å². The van der Waals surface area contributed by atoms with Gasteiger partial charge in [-0.1, -0.05) is 0 Å². The zero-order valence-electron chi connectivity index (χ0n) is 18.8. The topological polar surface area (TPSA) is 126 Å². The van der Waals surface area contributed by atoms with E-state index in [1.165, 1.54) is 0 Å². The molecule has 0 radical (unpaired) electrons. The third-order valence-corrected chi connectivity index (χ3v) is 9.63. The molecule has 0 bridgehead atoms. The lowest BCUT2D eigenvalue weighted by molar-refractivity contribution is 0.0568. The van der Waals surface area contributed by atoms with Gasteiger partial charge in [-0.25, -0.2) is 0 Å². The SMILES string of the molecule is CCOC(N)CC[Si](OC)(OC)OC.CCOC(N)CC[Si](OC)(OC)OC. The van der Waals surface area contributed by atoms with E-state index in [9.17, 15) is 0 Å². The van der Waals surface area contributed by atoms with Crippen LogP contribution in [-0.2, 0) is 36.0 Å². The van der Waals surface area contributed by atoms with Crippen LogP contribution >= 0.6 is 0 Å². The van der Waals surface area contributed by atoms with Crippen molar-refractivity contribution in [1.82, 2.24) is 0 Å². The van der Waals surface area contributed by atoms with Gasteiger partial charge in [0.2, 0.25) is 0 Å². The van der Waals surface area contributed by atoms with Gasteiger partial charge in [0.1, 0.15) is 12.5 Å². The third-order valence-electron chi connectivity index (χ3n) is 4.10. The van der Waals surface area contributed by atoms with Crippen LogP contribution in [0.1, 0.15) is 26.7 Å². The fourth-order valence-electron chi connectivity index (χ4n) is 2.35. The molecule has 4 N–H and O–H groups in total. The Kier molecular flexibility index (Phi) is 19.3. The Bertz CT molecular complexity index is 302. The average Bonchev–Trinajstić information content (AvgIpc) is 2.72. The largest absolute Gasteiger partial charge is 0.500 e. The molecule has 10 nitrogen and oxygen atoms in total. The molecule has 0 aliphatic rings. The molecule has 0 amide bonds. The maximum Gasteiger partial charge on any atom is 0.500 e. The van der Waals surface area contributed by atoms with E-state index in [1.54, 1.807) is 42.7 Å². The minimum Gasteiger partial charge on any atom is -0.377 e. The minimum absolute atomic E-state index is 0.271. The van der Waals surface area contributed by atoms with Gasteiger partial charge in [-0.3, -0.25) is 0 Å². The lowest BCUT2D eigenvalue weighted by Crippen LogP contribution is -2.44. The molecule has 0 aromatic carbocycles. The lowest BCUT2D eigenvalue weighted by atomic mass is 10.4. The number of hydrogen-bond donors (Lipinski definition) is 2. The van der Waals surface area contributed by atoms with Crippen molar-refractivity contribution in [2.24, 2.45) is 11.5 Å². The van der Waals surface area contributed by atoms with Crippen LogP contribution in [0.3, 0.4) is 0 Å². The molecule has 0 fully saturated rings. The number of nitrogens with two attached hydrogens (primary N) is 2. The Morgan fingerprint density at radius 2 is 0.821 bits per heavy atom. The Balaban J connectivity index is 0. The summed E-state index contributed by atoms with van der Waals surface area (Å²) in [4.78, 5) is 0. The van der Waals surface area contributed by atoms with Crippen molar-refractivity contribution in [3.8, 4) is 0 Å². The molecule has 172 valence electrons. The van der Waals surface area contributed by atoms with Gasteiger partial charge in [0, 0.05) is 68.0 Å². The highest BCUT2D eigenvalue weighted by atomic mass is 28.4. The molecule has 0 aromatic heterocycles. The quantitative estimate of drug-likeness (QED) is 0.263. The fourth-order valence-corrected chi connectivity index (χ4v) is 5.85. The van der Waals surface area contributed by atoms with Crippen LogP contribution in [0.2, 0.25) is 12.1 Å². The predicted octanol–water partition coefficient (Wildman–Crippen LogP) is 1.15. The van der Waals surface area contributed by atoms with Gasteiger partial charge >= 0.3 is 17.6 Å². The van der Waals surface area contributed by atoms with E-state index in [-0.39, 0.29) is 12.5 Å². The molecule has 2 atom stereocenters. The van der Waals surface area contributed by atoms with E-state index in [2.05, 4.69) is 0 Å². The van der Waals surface area contributed by atoms with Crippen molar-refractivity contribution in [3.05, 3.63) is 0 Å². The molecule has 0 saturated carbocycles. The molecule has 0 aromatic rings. The van der Waals surface area contributed by atoms with Crippen molar-refractivity contribution in [3.63, 3.8) is 0 Å². The predicted molar refractivity (Wildman–Crippen MR) is 112 cm³/mol.